The molecule has 0 bridgehead atoms. The predicted octanol–water partition coefficient (Wildman–Crippen LogP) is 0.926. The van der Waals surface area contributed by atoms with E-state index >= 15 is 0 Å². The summed E-state index contributed by atoms with van der Waals surface area (Å²) in [6, 6.07) is 1.46. The van der Waals surface area contributed by atoms with E-state index in [9.17, 15) is 4.79 Å². The number of rotatable bonds is 1. The van der Waals surface area contributed by atoms with Crippen molar-refractivity contribution in [2.75, 3.05) is 0 Å². The molecule has 0 saturated heterocycles. The molecule has 0 aliphatic heterocycles. The largest absolute Gasteiger partial charge is 0.339 e. The van der Waals surface area contributed by atoms with Gasteiger partial charge < -0.3 is 4.98 Å². The molecule has 1 N–H and O–H groups in total. The minimum Gasteiger partial charge on any atom is -0.339 e. The fraction of sp³-hybridized carbons (Fsp3) is 0.333. The summed E-state index contributed by atoms with van der Waals surface area (Å²) in [6.45, 7) is 2.50. The maximum Gasteiger partial charge on any atom is 0.254 e. The third kappa shape index (κ3) is 1.16. The molecule has 0 spiro atoms. The minimum absolute atomic E-state index is 0.0498. The number of aromatic nitrogens is 2. The SMILES string of the molecule is CCn1c(=O)cc[nH]c1=S. The highest BCUT2D eigenvalue weighted by Gasteiger charge is 1.90. The molecule has 0 unspecified atom stereocenters. The fourth-order valence-corrected chi connectivity index (χ4v) is 1.04. The number of hydrogen-bond donors (Lipinski definition) is 1. The van der Waals surface area contributed by atoms with E-state index in [-0.39, 0.29) is 5.56 Å². The third-order valence-corrected chi connectivity index (χ3v) is 1.60. The van der Waals surface area contributed by atoms with Crippen LogP contribution >= 0.6 is 12.2 Å². The van der Waals surface area contributed by atoms with Gasteiger partial charge in [0.05, 0.1) is 0 Å². The second-order valence-electron chi connectivity index (χ2n) is 1.87. The Bertz CT molecular complexity index is 297. The number of nitrogens with one attached hydrogen (secondary N) is 1. The van der Waals surface area contributed by atoms with Crippen LogP contribution in [0.2, 0.25) is 0 Å². The van der Waals surface area contributed by atoms with Crippen LogP contribution in [0.25, 0.3) is 0 Å². The number of hydrogen-bond acceptors (Lipinski definition) is 2. The first-order chi connectivity index (χ1) is 4.75. The van der Waals surface area contributed by atoms with Crippen LogP contribution in [0.3, 0.4) is 0 Å². The molecule has 3 nitrogen and oxygen atoms in total. The summed E-state index contributed by atoms with van der Waals surface area (Å²) in [5.41, 5.74) is -0.0498. The number of H-pyrrole nitrogens is 1. The van der Waals surface area contributed by atoms with Gasteiger partial charge in [0.25, 0.3) is 5.56 Å². The predicted molar refractivity (Wildman–Crippen MR) is 41.6 cm³/mol. The smallest absolute Gasteiger partial charge is 0.254 e. The molecule has 54 valence electrons. The molecule has 0 fully saturated rings. The molecule has 0 atom stereocenters. The van der Waals surface area contributed by atoms with Crippen molar-refractivity contribution >= 4 is 12.2 Å². The zero-order chi connectivity index (χ0) is 7.56. The minimum atomic E-state index is -0.0498. The van der Waals surface area contributed by atoms with Gasteiger partial charge >= 0.3 is 0 Å². The third-order valence-electron chi connectivity index (χ3n) is 1.26. The van der Waals surface area contributed by atoms with Gasteiger partial charge in [-0.25, -0.2) is 0 Å². The van der Waals surface area contributed by atoms with E-state index in [1.807, 2.05) is 6.92 Å². The van der Waals surface area contributed by atoms with Crippen molar-refractivity contribution in [3.05, 3.63) is 27.4 Å². The van der Waals surface area contributed by atoms with Crippen LogP contribution in [-0.2, 0) is 6.54 Å². The van der Waals surface area contributed by atoms with Gasteiger partial charge in [-0.05, 0) is 19.1 Å². The van der Waals surface area contributed by atoms with Gasteiger partial charge in [-0.15, -0.1) is 0 Å². The summed E-state index contributed by atoms with van der Waals surface area (Å²) >= 11 is 4.85. The van der Waals surface area contributed by atoms with Gasteiger partial charge in [0.15, 0.2) is 4.77 Å². The lowest BCUT2D eigenvalue weighted by atomic mass is 10.6. The first kappa shape index (κ1) is 7.21. The number of aromatic amines is 1. The van der Waals surface area contributed by atoms with Crippen LogP contribution in [0.1, 0.15) is 6.92 Å². The average molecular weight is 156 g/mol. The lowest BCUT2D eigenvalue weighted by Crippen LogP contribution is -2.18. The molecule has 0 radical (unpaired) electrons. The van der Waals surface area contributed by atoms with E-state index in [4.69, 9.17) is 12.2 Å². The topological polar surface area (TPSA) is 37.8 Å². The average Bonchev–Trinajstić information content (AvgIpc) is 1.88. The van der Waals surface area contributed by atoms with Crippen molar-refractivity contribution in [1.82, 2.24) is 9.55 Å². The normalized spacial score (nSPS) is 9.70. The summed E-state index contributed by atoms with van der Waals surface area (Å²) in [5.74, 6) is 0. The summed E-state index contributed by atoms with van der Waals surface area (Å²) in [5, 5.41) is 0. The van der Waals surface area contributed by atoms with E-state index in [1.54, 1.807) is 6.20 Å². The summed E-state index contributed by atoms with van der Waals surface area (Å²) < 4.78 is 1.98. The van der Waals surface area contributed by atoms with Crippen molar-refractivity contribution in [2.24, 2.45) is 0 Å². The van der Waals surface area contributed by atoms with E-state index in [0.717, 1.165) is 0 Å². The standard InChI is InChI=1S/C6H8N2OS/c1-2-8-5(9)3-4-7-6(8)10/h3-4H,2H2,1H3,(H,7,10). The van der Waals surface area contributed by atoms with Crippen LogP contribution in [0, 0.1) is 4.77 Å². The zero-order valence-electron chi connectivity index (χ0n) is 5.63. The van der Waals surface area contributed by atoms with Crippen molar-refractivity contribution in [1.29, 1.82) is 0 Å². The first-order valence-corrected chi connectivity index (χ1v) is 3.45. The molecule has 0 aromatic carbocycles. The quantitative estimate of drug-likeness (QED) is 0.614. The molecule has 1 aromatic rings. The Morgan fingerprint density at radius 2 is 2.50 bits per heavy atom. The number of nitrogens with zero attached hydrogens (tertiary/aromatic N) is 1. The molecule has 4 heteroatoms. The fourth-order valence-electron chi connectivity index (χ4n) is 0.752. The van der Waals surface area contributed by atoms with Crippen LogP contribution in [0.5, 0.6) is 0 Å². The highest BCUT2D eigenvalue weighted by atomic mass is 32.1. The Morgan fingerprint density at radius 3 is 2.90 bits per heavy atom. The maximum absolute atomic E-state index is 10.9. The Morgan fingerprint density at radius 1 is 1.80 bits per heavy atom. The zero-order valence-corrected chi connectivity index (χ0v) is 6.44. The summed E-state index contributed by atoms with van der Waals surface area (Å²) in [4.78, 5) is 13.7. The van der Waals surface area contributed by atoms with Crippen molar-refractivity contribution < 1.29 is 0 Å². The Kier molecular flexibility index (Phi) is 2.01. The highest BCUT2D eigenvalue weighted by Crippen LogP contribution is 1.80. The van der Waals surface area contributed by atoms with Crippen LogP contribution in [0.4, 0.5) is 0 Å². The van der Waals surface area contributed by atoms with E-state index in [2.05, 4.69) is 4.98 Å². The molecule has 10 heavy (non-hydrogen) atoms. The molecular formula is C6H8N2OS. The first-order valence-electron chi connectivity index (χ1n) is 3.04. The molecule has 0 aliphatic rings. The van der Waals surface area contributed by atoms with Gasteiger partial charge in [-0.1, -0.05) is 0 Å². The lowest BCUT2D eigenvalue weighted by molar-refractivity contribution is 0.693. The molecule has 0 amide bonds. The van der Waals surface area contributed by atoms with Gasteiger partial charge in [-0.3, -0.25) is 9.36 Å². The molecule has 1 rings (SSSR count). The van der Waals surface area contributed by atoms with Gasteiger partial charge in [-0.2, -0.15) is 0 Å². The van der Waals surface area contributed by atoms with Crippen LogP contribution < -0.4 is 5.56 Å². The van der Waals surface area contributed by atoms with Crippen molar-refractivity contribution in [3.63, 3.8) is 0 Å². The molecule has 0 aliphatic carbocycles. The Labute approximate surface area is 63.3 Å². The second kappa shape index (κ2) is 2.79. The van der Waals surface area contributed by atoms with E-state index in [0.29, 0.717) is 11.3 Å². The van der Waals surface area contributed by atoms with Crippen LogP contribution in [-0.4, -0.2) is 9.55 Å². The second-order valence-corrected chi connectivity index (χ2v) is 2.25. The Balaban J connectivity index is 3.46. The van der Waals surface area contributed by atoms with Gasteiger partial charge in [0.1, 0.15) is 0 Å². The highest BCUT2D eigenvalue weighted by molar-refractivity contribution is 7.71. The van der Waals surface area contributed by atoms with Gasteiger partial charge in [0, 0.05) is 18.8 Å². The summed E-state index contributed by atoms with van der Waals surface area (Å²) in [6.07, 6.45) is 1.55. The van der Waals surface area contributed by atoms with Crippen molar-refractivity contribution in [2.45, 2.75) is 13.5 Å². The Hall–Kier alpha value is -0.900. The molecule has 1 heterocycles. The molecular weight excluding hydrogens is 148 g/mol. The van der Waals surface area contributed by atoms with E-state index < -0.39 is 0 Å². The van der Waals surface area contributed by atoms with Crippen LogP contribution in [0.15, 0.2) is 17.1 Å². The van der Waals surface area contributed by atoms with E-state index in [1.165, 1.54) is 10.6 Å². The van der Waals surface area contributed by atoms with Crippen molar-refractivity contribution in [3.8, 4) is 0 Å². The molecule has 1 aromatic heterocycles. The lowest BCUT2D eigenvalue weighted by Gasteiger charge is -1.97. The van der Waals surface area contributed by atoms with Gasteiger partial charge in [0.2, 0.25) is 0 Å². The maximum atomic E-state index is 10.9. The summed E-state index contributed by atoms with van der Waals surface area (Å²) in [7, 11) is 0. The monoisotopic (exact) mass is 156 g/mol. The molecule has 0 saturated carbocycles.